The Hall–Kier alpha value is -1.94. The fourth-order valence-electron chi connectivity index (χ4n) is 1.98. The fourth-order valence-corrected chi connectivity index (χ4v) is 1.98. The first kappa shape index (κ1) is 12.5. The molecular formula is C14H17N3O. The Bertz CT molecular complexity index is 540. The third-order valence-corrected chi connectivity index (χ3v) is 3.19. The first-order chi connectivity index (χ1) is 8.65. The number of hydrogen-bond acceptors (Lipinski definition) is 4. The number of rotatable bonds is 3. The zero-order chi connectivity index (χ0) is 13.1. The molecule has 2 aromatic rings. The van der Waals surface area contributed by atoms with E-state index in [1.165, 1.54) is 11.9 Å². The third-order valence-electron chi connectivity index (χ3n) is 3.19. The number of nitrogens with two attached hydrogens (primary N) is 1. The van der Waals surface area contributed by atoms with E-state index in [0.29, 0.717) is 0 Å². The van der Waals surface area contributed by atoms with Crippen LogP contribution in [0.25, 0.3) is 0 Å². The van der Waals surface area contributed by atoms with Gasteiger partial charge in [0, 0.05) is 23.5 Å². The van der Waals surface area contributed by atoms with Crippen molar-refractivity contribution in [1.82, 2.24) is 9.97 Å². The Kier molecular flexibility index (Phi) is 3.58. The first-order valence-corrected chi connectivity index (χ1v) is 5.79. The summed E-state index contributed by atoms with van der Waals surface area (Å²) in [7, 11) is 1.67. The van der Waals surface area contributed by atoms with Gasteiger partial charge in [-0.1, -0.05) is 12.1 Å². The predicted molar refractivity (Wildman–Crippen MR) is 70.5 cm³/mol. The van der Waals surface area contributed by atoms with Gasteiger partial charge in [-0.25, -0.2) is 9.97 Å². The molecule has 0 aliphatic carbocycles. The Morgan fingerprint density at radius 1 is 1.17 bits per heavy atom. The van der Waals surface area contributed by atoms with E-state index in [1.54, 1.807) is 19.5 Å². The van der Waals surface area contributed by atoms with Crippen LogP contribution in [0.15, 0.2) is 30.9 Å². The van der Waals surface area contributed by atoms with Crippen molar-refractivity contribution < 1.29 is 4.74 Å². The summed E-state index contributed by atoms with van der Waals surface area (Å²) in [6.45, 7) is 4.09. The van der Waals surface area contributed by atoms with Crippen LogP contribution in [0.3, 0.4) is 0 Å². The second-order valence-corrected chi connectivity index (χ2v) is 4.28. The summed E-state index contributed by atoms with van der Waals surface area (Å²) >= 11 is 0. The summed E-state index contributed by atoms with van der Waals surface area (Å²) in [5.74, 6) is 0.839. The molecule has 1 aromatic carbocycles. The minimum absolute atomic E-state index is 0.277. The lowest BCUT2D eigenvalue weighted by Gasteiger charge is -2.18. The number of benzene rings is 1. The highest BCUT2D eigenvalue weighted by Gasteiger charge is 2.16. The molecule has 0 amide bonds. The lowest BCUT2D eigenvalue weighted by Crippen LogP contribution is -2.14. The van der Waals surface area contributed by atoms with Crippen molar-refractivity contribution in [2.45, 2.75) is 19.9 Å². The molecule has 0 saturated heterocycles. The topological polar surface area (TPSA) is 61.0 Å². The van der Waals surface area contributed by atoms with Gasteiger partial charge in [0.05, 0.1) is 13.2 Å². The van der Waals surface area contributed by atoms with Gasteiger partial charge in [-0.15, -0.1) is 0 Å². The van der Waals surface area contributed by atoms with Crippen molar-refractivity contribution in [2.75, 3.05) is 7.11 Å². The van der Waals surface area contributed by atoms with Gasteiger partial charge in [0.1, 0.15) is 12.1 Å². The second-order valence-electron chi connectivity index (χ2n) is 4.28. The normalized spacial score (nSPS) is 12.2. The Morgan fingerprint density at radius 2 is 1.83 bits per heavy atom. The molecule has 1 unspecified atom stereocenters. The largest absolute Gasteiger partial charge is 0.496 e. The van der Waals surface area contributed by atoms with E-state index in [2.05, 4.69) is 23.0 Å². The number of methoxy groups -OCH3 is 1. The van der Waals surface area contributed by atoms with Crippen LogP contribution in [0.1, 0.15) is 28.3 Å². The number of aryl methyl sites for hydroxylation is 1. The summed E-state index contributed by atoms with van der Waals surface area (Å²) in [5.41, 5.74) is 10.4. The minimum Gasteiger partial charge on any atom is -0.496 e. The third kappa shape index (κ3) is 2.19. The van der Waals surface area contributed by atoms with Crippen LogP contribution in [0, 0.1) is 13.8 Å². The molecule has 94 valence electrons. The van der Waals surface area contributed by atoms with Crippen molar-refractivity contribution in [2.24, 2.45) is 5.73 Å². The fraction of sp³-hybridized carbons (Fsp3) is 0.286. The molecule has 4 nitrogen and oxygen atoms in total. The van der Waals surface area contributed by atoms with Crippen molar-refractivity contribution in [3.63, 3.8) is 0 Å². The maximum atomic E-state index is 6.25. The summed E-state index contributed by atoms with van der Waals surface area (Å²) in [6, 6.07) is 3.77. The smallest absolute Gasteiger partial charge is 0.127 e. The summed E-state index contributed by atoms with van der Waals surface area (Å²) in [5, 5.41) is 0. The summed E-state index contributed by atoms with van der Waals surface area (Å²) in [6.07, 6.45) is 4.95. The number of ether oxygens (including phenoxy) is 1. The molecule has 0 aliphatic rings. The van der Waals surface area contributed by atoms with E-state index in [1.807, 2.05) is 13.0 Å². The van der Waals surface area contributed by atoms with Crippen molar-refractivity contribution in [3.8, 4) is 5.75 Å². The molecule has 2 rings (SSSR count). The maximum absolute atomic E-state index is 6.25. The molecular weight excluding hydrogens is 226 g/mol. The van der Waals surface area contributed by atoms with E-state index in [0.717, 1.165) is 22.4 Å². The van der Waals surface area contributed by atoms with Gasteiger partial charge in [-0.2, -0.15) is 0 Å². The first-order valence-electron chi connectivity index (χ1n) is 5.79. The van der Waals surface area contributed by atoms with Crippen LogP contribution in [-0.2, 0) is 0 Å². The lowest BCUT2D eigenvalue weighted by molar-refractivity contribution is 0.404. The molecule has 2 N–H and O–H groups in total. The number of hydrogen-bond donors (Lipinski definition) is 1. The highest BCUT2D eigenvalue weighted by molar-refractivity contribution is 5.48. The van der Waals surface area contributed by atoms with Gasteiger partial charge in [0.15, 0.2) is 0 Å². The van der Waals surface area contributed by atoms with Crippen LogP contribution in [0.2, 0.25) is 0 Å². The molecule has 0 fully saturated rings. The Balaban J connectivity index is 2.49. The Labute approximate surface area is 107 Å². The number of nitrogens with zero attached hydrogens (tertiary/aromatic N) is 2. The quantitative estimate of drug-likeness (QED) is 0.897. The molecule has 0 radical (unpaired) electrons. The lowest BCUT2D eigenvalue weighted by atomic mass is 9.96. The summed E-state index contributed by atoms with van der Waals surface area (Å²) < 4.78 is 5.48. The molecule has 0 spiro atoms. The molecule has 18 heavy (non-hydrogen) atoms. The Morgan fingerprint density at radius 3 is 2.44 bits per heavy atom. The zero-order valence-electron chi connectivity index (χ0n) is 10.8. The van der Waals surface area contributed by atoms with Gasteiger partial charge >= 0.3 is 0 Å². The predicted octanol–water partition coefficient (Wildman–Crippen LogP) is 2.15. The van der Waals surface area contributed by atoms with E-state index in [4.69, 9.17) is 10.5 Å². The molecule has 1 atom stereocenters. The average molecular weight is 243 g/mol. The van der Waals surface area contributed by atoms with Crippen LogP contribution < -0.4 is 10.5 Å². The standard InChI is InChI=1S/C14H17N3O/c1-9-4-5-12(14(18-3)10(9)2)13(15)11-6-16-8-17-7-11/h4-8,13H,15H2,1-3H3. The van der Waals surface area contributed by atoms with Gasteiger partial charge in [-0.05, 0) is 25.0 Å². The molecule has 0 saturated carbocycles. The van der Waals surface area contributed by atoms with Gasteiger partial charge in [0.25, 0.3) is 0 Å². The van der Waals surface area contributed by atoms with Crippen LogP contribution in [-0.4, -0.2) is 17.1 Å². The highest BCUT2D eigenvalue weighted by Crippen LogP contribution is 2.32. The van der Waals surface area contributed by atoms with Crippen molar-refractivity contribution in [3.05, 3.63) is 53.1 Å². The minimum atomic E-state index is -0.277. The number of aromatic nitrogens is 2. The highest BCUT2D eigenvalue weighted by atomic mass is 16.5. The molecule has 4 heteroatoms. The monoisotopic (exact) mass is 243 g/mol. The molecule has 0 aliphatic heterocycles. The van der Waals surface area contributed by atoms with E-state index in [-0.39, 0.29) is 6.04 Å². The average Bonchev–Trinajstić information content (AvgIpc) is 2.42. The second kappa shape index (κ2) is 5.14. The van der Waals surface area contributed by atoms with Gasteiger partial charge < -0.3 is 10.5 Å². The maximum Gasteiger partial charge on any atom is 0.127 e. The van der Waals surface area contributed by atoms with Gasteiger partial charge in [0.2, 0.25) is 0 Å². The van der Waals surface area contributed by atoms with E-state index >= 15 is 0 Å². The molecule has 1 aromatic heterocycles. The molecule has 1 heterocycles. The van der Waals surface area contributed by atoms with Crippen LogP contribution in [0.4, 0.5) is 0 Å². The zero-order valence-corrected chi connectivity index (χ0v) is 10.8. The van der Waals surface area contributed by atoms with Crippen LogP contribution >= 0.6 is 0 Å². The van der Waals surface area contributed by atoms with Crippen molar-refractivity contribution in [1.29, 1.82) is 0 Å². The van der Waals surface area contributed by atoms with E-state index < -0.39 is 0 Å². The van der Waals surface area contributed by atoms with E-state index in [9.17, 15) is 0 Å². The molecule has 0 bridgehead atoms. The van der Waals surface area contributed by atoms with Gasteiger partial charge in [-0.3, -0.25) is 0 Å². The SMILES string of the molecule is COc1c(C(N)c2cncnc2)ccc(C)c1C. The summed E-state index contributed by atoms with van der Waals surface area (Å²) in [4.78, 5) is 7.99. The van der Waals surface area contributed by atoms with Crippen molar-refractivity contribution >= 4 is 0 Å². The van der Waals surface area contributed by atoms with Crippen LogP contribution in [0.5, 0.6) is 5.75 Å².